The lowest BCUT2D eigenvalue weighted by Gasteiger charge is -2.11. The van der Waals surface area contributed by atoms with Crippen LogP contribution in [-0.4, -0.2) is 25.6 Å². The maximum atomic E-state index is 12.2. The average molecular weight is 394 g/mol. The summed E-state index contributed by atoms with van der Waals surface area (Å²) in [6.45, 7) is 0.489. The zero-order chi connectivity index (χ0) is 21.1. The van der Waals surface area contributed by atoms with E-state index >= 15 is 0 Å². The van der Waals surface area contributed by atoms with Crippen molar-refractivity contribution in [2.75, 3.05) is 19.0 Å². The number of terminal acetylenes is 1. The Labute approximate surface area is 169 Å². The van der Waals surface area contributed by atoms with Crippen LogP contribution in [0.4, 0.5) is 5.69 Å². The van der Waals surface area contributed by atoms with Crippen LogP contribution in [0.25, 0.3) is 6.08 Å². The van der Waals surface area contributed by atoms with Crippen LogP contribution >= 0.6 is 0 Å². The second-order valence-corrected chi connectivity index (χ2v) is 5.84. The number of nitrogens with two attached hydrogens (primary N) is 1. The van der Waals surface area contributed by atoms with Crippen LogP contribution < -0.4 is 20.7 Å². The molecule has 7 heteroatoms. The first kappa shape index (κ1) is 21.5. The molecule has 0 unspecified atom stereocenters. The van der Waals surface area contributed by atoms with Gasteiger partial charge in [0, 0.05) is 12.5 Å². The van der Waals surface area contributed by atoms with Gasteiger partial charge < -0.3 is 19.6 Å². The summed E-state index contributed by atoms with van der Waals surface area (Å²) >= 11 is 0. The van der Waals surface area contributed by atoms with E-state index in [1.807, 2.05) is 0 Å². The number of carbonyl (C=O) groups is 2. The molecule has 7 nitrogen and oxygen atoms in total. The monoisotopic (exact) mass is 394 g/mol. The van der Waals surface area contributed by atoms with Crippen molar-refractivity contribution in [3.05, 3.63) is 59.7 Å². The highest BCUT2D eigenvalue weighted by atomic mass is 16.7. The van der Waals surface area contributed by atoms with Gasteiger partial charge in [-0.15, -0.1) is 12.3 Å². The molecule has 3 N–H and O–H groups in total. The molecule has 0 radical (unpaired) electrons. The molecule has 0 aliphatic rings. The molecule has 0 heterocycles. The lowest BCUT2D eigenvalue weighted by molar-refractivity contribution is -0.111. The Kier molecular flexibility index (Phi) is 8.29. The van der Waals surface area contributed by atoms with Crippen molar-refractivity contribution in [3.8, 4) is 23.8 Å². The van der Waals surface area contributed by atoms with E-state index in [1.165, 1.54) is 19.3 Å². The van der Waals surface area contributed by atoms with E-state index in [4.69, 9.17) is 21.8 Å². The molecule has 0 aromatic heterocycles. The van der Waals surface area contributed by atoms with Gasteiger partial charge in [0.1, 0.15) is 0 Å². The van der Waals surface area contributed by atoms with E-state index in [2.05, 4.69) is 16.1 Å². The maximum Gasteiger partial charge on any atom is 0.358 e. The van der Waals surface area contributed by atoms with E-state index in [9.17, 15) is 9.59 Å². The van der Waals surface area contributed by atoms with Crippen LogP contribution in [0, 0.1) is 12.3 Å². The molecule has 150 valence electrons. The predicted molar refractivity (Wildman–Crippen MR) is 110 cm³/mol. The van der Waals surface area contributed by atoms with Gasteiger partial charge in [-0.3, -0.25) is 4.79 Å². The third-order valence-electron chi connectivity index (χ3n) is 3.85. The second kappa shape index (κ2) is 11.2. The Balaban J connectivity index is 2.05. The summed E-state index contributed by atoms with van der Waals surface area (Å²) in [4.78, 5) is 28.1. The van der Waals surface area contributed by atoms with Crippen LogP contribution in [0.1, 0.15) is 28.8 Å². The number of carbonyl (C=O) groups excluding carboxylic acids is 2. The summed E-state index contributed by atoms with van der Waals surface area (Å²) in [5.41, 5.74) is 1.19. The molecule has 0 saturated carbocycles. The smallest absolute Gasteiger partial charge is 0.358 e. The van der Waals surface area contributed by atoms with Crippen LogP contribution in [-0.2, 0) is 9.63 Å². The number of ether oxygens (including phenoxy) is 2. The van der Waals surface area contributed by atoms with Gasteiger partial charge in [0.2, 0.25) is 5.91 Å². The Morgan fingerprint density at radius 3 is 2.72 bits per heavy atom. The number of hydrogen-bond acceptors (Lipinski definition) is 6. The molecule has 29 heavy (non-hydrogen) atoms. The number of anilines is 1. The van der Waals surface area contributed by atoms with E-state index in [1.54, 1.807) is 42.5 Å². The fourth-order valence-corrected chi connectivity index (χ4v) is 2.44. The molecular weight excluding hydrogens is 372 g/mol. The number of benzene rings is 2. The van der Waals surface area contributed by atoms with Crippen LogP contribution in [0.2, 0.25) is 0 Å². The summed E-state index contributed by atoms with van der Waals surface area (Å²) in [6, 6.07) is 11.7. The highest BCUT2D eigenvalue weighted by Gasteiger charge is 2.12. The van der Waals surface area contributed by atoms with Crippen LogP contribution in [0.5, 0.6) is 11.5 Å². The summed E-state index contributed by atoms with van der Waals surface area (Å²) in [6.07, 6.45) is 9.57. The third kappa shape index (κ3) is 6.41. The van der Waals surface area contributed by atoms with Gasteiger partial charge in [-0.1, -0.05) is 18.2 Å². The molecule has 2 aromatic rings. The van der Waals surface area contributed by atoms with Crippen molar-refractivity contribution >= 4 is 23.6 Å². The quantitative estimate of drug-likeness (QED) is 0.293. The number of nitrogens with one attached hydrogen (secondary N) is 1. The first-order chi connectivity index (χ1) is 14.1. The van der Waals surface area contributed by atoms with Gasteiger partial charge in [0.05, 0.1) is 25.0 Å². The summed E-state index contributed by atoms with van der Waals surface area (Å²) in [5, 5.41) is 2.62. The summed E-state index contributed by atoms with van der Waals surface area (Å²) < 4.78 is 11.0. The zero-order valence-corrected chi connectivity index (χ0v) is 16.0. The van der Waals surface area contributed by atoms with Gasteiger partial charge in [0.15, 0.2) is 11.5 Å². The van der Waals surface area contributed by atoms with Crippen LogP contribution in [0.15, 0.2) is 48.5 Å². The van der Waals surface area contributed by atoms with Crippen molar-refractivity contribution < 1.29 is 23.9 Å². The molecule has 2 aromatic carbocycles. The lowest BCUT2D eigenvalue weighted by atomic mass is 10.1. The van der Waals surface area contributed by atoms with E-state index in [0.29, 0.717) is 30.2 Å². The highest BCUT2D eigenvalue weighted by molar-refractivity contribution is 6.06. The topological polar surface area (TPSA) is 99.9 Å². The number of para-hydroxylation sites is 1. The fourth-order valence-electron chi connectivity index (χ4n) is 2.44. The zero-order valence-electron chi connectivity index (χ0n) is 16.0. The first-order valence-corrected chi connectivity index (χ1v) is 8.82. The minimum absolute atomic E-state index is 0.157. The molecule has 0 fully saturated rings. The first-order valence-electron chi connectivity index (χ1n) is 8.82. The predicted octanol–water partition coefficient (Wildman–Crippen LogP) is 3.17. The summed E-state index contributed by atoms with van der Waals surface area (Å²) in [5.74, 6) is 7.46. The molecule has 0 spiro atoms. The Bertz CT molecular complexity index is 931. The molecule has 0 saturated heterocycles. The number of methoxy groups -OCH3 is 1. The van der Waals surface area contributed by atoms with Crippen molar-refractivity contribution in [3.63, 3.8) is 0 Å². The van der Waals surface area contributed by atoms with Crippen molar-refractivity contribution in [1.29, 1.82) is 0 Å². The Hall–Kier alpha value is -3.76. The molecule has 0 aliphatic heterocycles. The number of hydrogen-bond donors (Lipinski definition) is 2. The number of unbranched alkanes of at least 4 members (excludes halogenated alkanes) is 1. The largest absolute Gasteiger partial charge is 0.493 e. The maximum absolute atomic E-state index is 12.2. The average Bonchev–Trinajstić information content (AvgIpc) is 2.75. The minimum Gasteiger partial charge on any atom is -0.493 e. The third-order valence-corrected chi connectivity index (χ3v) is 3.85. The molecule has 1 amide bonds. The standard InChI is InChI=1S/C22H22N2O5/c1-3-4-7-14-28-19-12-10-16(15-20(19)27-2)11-13-21(25)24-18-9-6-5-8-17(18)22(26)29-23/h1,5-6,8-13,15H,4,7,14,23H2,2H3,(H,24,25)/b13-11+. The van der Waals surface area contributed by atoms with Crippen molar-refractivity contribution in [1.82, 2.24) is 0 Å². The SMILES string of the molecule is C#CCCCOc1ccc(/C=C/C(=O)Nc2ccccc2C(=O)ON)cc1OC. The summed E-state index contributed by atoms with van der Waals surface area (Å²) in [7, 11) is 1.54. The number of rotatable bonds is 9. The van der Waals surface area contributed by atoms with Gasteiger partial charge in [-0.25, -0.2) is 4.79 Å². The molecule has 2 rings (SSSR count). The van der Waals surface area contributed by atoms with E-state index < -0.39 is 11.9 Å². The minimum atomic E-state index is -0.743. The normalized spacial score (nSPS) is 10.2. The second-order valence-electron chi connectivity index (χ2n) is 5.84. The van der Waals surface area contributed by atoms with Crippen LogP contribution in [0.3, 0.4) is 0 Å². The lowest BCUT2D eigenvalue weighted by Crippen LogP contribution is -2.15. The van der Waals surface area contributed by atoms with Gasteiger partial charge in [0.25, 0.3) is 0 Å². The fraction of sp³-hybridized carbons (Fsp3) is 0.182. The van der Waals surface area contributed by atoms with Gasteiger partial charge in [-0.2, -0.15) is 5.90 Å². The molecule has 0 bridgehead atoms. The molecular formula is C22H22N2O5. The Morgan fingerprint density at radius 1 is 1.21 bits per heavy atom. The molecule has 0 atom stereocenters. The van der Waals surface area contributed by atoms with E-state index in [0.717, 1.165) is 12.0 Å². The van der Waals surface area contributed by atoms with E-state index in [-0.39, 0.29) is 5.56 Å². The van der Waals surface area contributed by atoms with Crippen molar-refractivity contribution in [2.24, 2.45) is 5.90 Å². The highest BCUT2D eigenvalue weighted by Crippen LogP contribution is 2.28. The van der Waals surface area contributed by atoms with Gasteiger partial charge in [-0.05, 0) is 42.3 Å². The van der Waals surface area contributed by atoms with Crippen molar-refractivity contribution in [2.45, 2.75) is 12.8 Å². The number of amides is 1. The molecule has 0 aliphatic carbocycles. The Morgan fingerprint density at radius 2 is 2.00 bits per heavy atom. The van der Waals surface area contributed by atoms with Gasteiger partial charge >= 0.3 is 5.97 Å².